The van der Waals surface area contributed by atoms with Gasteiger partial charge < -0.3 is 43.2 Å². The van der Waals surface area contributed by atoms with Crippen molar-refractivity contribution in [3.63, 3.8) is 0 Å². The lowest BCUT2D eigenvalue weighted by Gasteiger charge is -2.26. The van der Waals surface area contributed by atoms with Crippen LogP contribution >= 0.6 is 0 Å². The summed E-state index contributed by atoms with van der Waals surface area (Å²) in [5.41, 5.74) is 17.4. The van der Waals surface area contributed by atoms with Crippen molar-refractivity contribution >= 4 is 46.4 Å². The monoisotopic (exact) mass is 559 g/mol. The first kappa shape index (κ1) is 31.8. The van der Waals surface area contributed by atoms with Crippen LogP contribution in [0.5, 0.6) is 0 Å². The van der Waals surface area contributed by atoms with Crippen LogP contribution in [0.25, 0.3) is 10.9 Å². The third kappa shape index (κ3) is 9.69. The Morgan fingerprint density at radius 2 is 1.48 bits per heavy atom. The predicted octanol–water partition coefficient (Wildman–Crippen LogP) is -1.24. The number of amides is 5. The number of nitrogens with one attached hydrogen (secondary N) is 4. The maximum atomic E-state index is 13.2. The zero-order valence-corrected chi connectivity index (χ0v) is 22.4. The smallest absolute Gasteiger partial charge is 0.326 e. The molecule has 11 N–H and O–H groups in total. The summed E-state index contributed by atoms with van der Waals surface area (Å²) in [6.07, 6.45) is 0.869. The Labute approximate surface area is 230 Å². The SMILES string of the molecule is CC(C)CC(NC(=O)C(CCC(N)=O)NC(=O)C(N)CC(N)=O)C(=O)NC(Cc1c[nH]c2ccccc12)C(=O)O. The molecule has 2 rings (SSSR count). The molecule has 1 aromatic carbocycles. The van der Waals surface area contributed by atoms with Crippen LogP contribution in [0.3, 0.4) is 0 Å². The lowest BCUT2D eigenvalue weighted by Crippen LogP contribution is -2.57. The Bertz CT molecular complexity index is 1240. The molecule has 0 bridgehead atoms. The molecule has 40 heavy (non-hydrogen) atoms. The van der Waals surface area contributed by atoms with E-state index in [1.165, 1.54) is 0 Å². The molecule has 0 radical (unpaired) electrons. The number of carbonyl (C=O) groups excluding carboxylic acids is 5. The van der Waals surface area contributed by atoms with Gasteiger partial charge in [-0.25, -0.2) is 4.79 Å². The lowest BCUT2D eigenvalue weighted by molar-refractivity contribution is -0.142. The number of aromatic amines is 1. The van der Waals surface area contributed by atoms with Gasteiger partial charge in [0.2, 0.25) is 29.5 Å². The summed E-state index contributed by atoms with van der Waals surface area (Å²) in [6.45, 7) is 3.62. The number of H-pyrrole nitrogens is 1. The van der Waals surface area contributed by atoms with Gasteiger partial charge in [-0.3, -0.25) is 24.0 Å². The average Bonchev–Trinajstić information content (AvgIpc) is 3.27. The van der Waals surface area contributed by atoms with Crippen molar-refractivity contribution in [2.75, 3.05) is 0 Å². The maximum absolute atomic E-state index is 13.2. The van der Waals surface area contributed by atoms with Crippen LogP contribution in [-0.4, -0.2) is 69.8 Å². The lowest BCUT2D eigenvalue weighted by atomic mass is 10.0. The molecule has 0 saturated carbocycles. The summed E-state index contributed by atoms with van der Waals surface area (Å²) in [5, 5.41) is 18.0. The van der Waals surface area contributed by atoms with E-state index in [1.807, 2.05) is 38.1 Å². The molecule has 0 fully saturated rings. The highest BCUT2D eigenvalue weighted by Crippen LogP contribution is 2.19. The fraction of sp³-hybridized carbons (Fsp3) is 0.462. The largest absolute Gasteiger partial charge is 0.480 e. The molecule has 14 heteroatoms. The van der Waals surface area contributed by atoms with E-state index in [-0.39, 0.29) is 31.6 Å². The fourth-order valence-corrected chi connectivity index (χ4v) is 4.11. The molecular weight excluding hydrogens is 522 g/mol. The second-order valence-electron chi connectivity index (χ2n) is 10.00. The molecule has 0 aliphatic rings. The first-order chi connectivity index (χ1) is 18.8. The number of rotatable bonds is 16. The van der Waals surface area contributed by atoms with Gasteiger partial charge in [-0.15, -0.1) is 0 Å². The Hall–Kier alpha value is -4.46. The van der Waals surface area contributed by atoms with E-state index >= 15 is 0 Å². The van der Waals surface area contributed by atoms with Crippen molar-refractivity contribution in [2.45, 2.75) is 70.1 Å². The fourth-order valence-electron chi connectivity index (χ4n) is 4.11. The molecule has 0 aliphatic carbocycles. The van der Waals surface area contributed by atoms with Crippen molar-refractivity contribution in [2.24, 2.45) is 23.1 Å². The van der Waals surface area contributed by atoms with Gasteiger partial charge >= 0.3 is 5.97 Å². The Morgan fingerprint density at radius 3 is 2.08 bits per heavy atom. The molecular formula is C26H37N7O7. The maximum Gasteiger partial charge on any atom is 0.326 e. The zero-order valence-electron chi connectivity index (χ0n) is 22.4. The number of para-hydroxylation sites is 1. The quantitative estimate of drug-likeness (QED) is 0.123. The molecule has 4 atom stereocenters. The number of hydrogen-bond acceptors (Lipinski definition) is 7. The third-order valence-corrected chi connectivity index (χ3v) is 6.12. The van der Waals surface area contributed by atoms with Gasteiger partial charge in [0.15, 0.2) is 0 Å². The molecule has 14 nitrogen and oxygen atoms in total. The average molecular weight is 560 g/mol. The van der Waals surface area contributed by atoms with Gasteiger partial charge in [0.05, 0.1) is 12.5 Å². The summed E-state index contributed by atoms with van der Waals surface area (Å²) in [6, 6.07) is 2.22. The van der Waals surface area contributed by atoms with E-state index in [9.17, 15) is 33.9 Å². The number of hydrogen-bond donors (Lipinski definition) is 8. The van der Waals surface area contributed by atoms with Gasteiger partial charge in [0, 0.05) is 29.9 Å². The van der Waals surface area contributed by atoms with Crippen molar-refractivity contribution in [1.29, 1.82) is 0 Å². The minimum atomic E-state index is -1.34. The van der Waals surface area contributed by atoms with E-state index in [0.717, 1.165) is 10.9 Å². The van der Waals surface area contributed by atoms with Crippen LogP contribution in [0.15, 0.2) is 30.5 Å². The van der Waals surface area contributed by atoms with Crippen LogP contribution in [0.2, 0.25) is 0 Å². The number of primary amides is 2. The Balaban J connectivity index is 2.19. The first-order valence-electron chi connectivity index (χ1n) is 12.8. The molecule has 0 spiro atoms. The highest BCUT2D eigenvalue weighted by atomic mass is 16.4. The van der Waals surface area contributed by atoms with E-state index in [1.54, 1.807) is 6.20 Å². The van der Waals surface area contributed by atoms with Crippen molar-refractivity contribution in [1.82, 2.24) is 20.9 Å². The second kappa shape index (κ2) is 14.6. The van der Waals surface area contributed by atoms with Crippen LogP contribution in [0, 0.1) is 5.92 Å². The van der Waals surface area contributed by atoms with Crippen LogP contribution in [-0.2, 0) is 35.2 Å². The number of benzene rings is 1. The van der Waals surface area contributed by atoms with Gasteiger partial charge in [-0.05, 0) is 30.4 Å². The Kier molecular flexibility index (Phi) is 11.6. The summed E-state index contributed by atoms with van der Waals surface area (Å²) in [7, 11) is 0. The molecule has 5 amide bonds. The third-order valence-electron chi connectivity index (χ3n) is 6.12. The van der Waals surface area contributed by atoms with E-state index in [4.69, 9.17) is 17.2 Å². The molecule has 0 aliphatic heterocycles. The van der Waals surface area contributed by atoms with E-state index in [0.29, 0.717) is 5.56 Å². The molecule has 4 unspecified atom stereocenters. The molecule has 1 aromatic heterocycles. The van der Waals surface area contributed by atoms with Crippen LogP contribution in [0.4, 0.5) is 0 Å². The summed E-state index contributed by atoms with van der Waals surface area (Å²) < 4.78 is 0. The topological polar surface area (TPSA) is 253 Å². The molecule has 0 saturated heterocycles. The number of carbonyl (C=O) groups is 6. The molecule has 1 heterocycles. The second-order valence-corrected chi connectivity index (χ2v) is 10.00. The normalized spacial score (nSPS) is 14.1. The van der Waals surface area contributed by atoms with Crippen molar-refractivity contribution < 1.29 is 33.9 Å². The summed E-state index contributed by atoms with van der Waals surface area (Å²) in [4.78, 5) is 76.3. The zero-order chi connectivity index (χ0) is 30.0. The number of nitrogens with two attached hydrogens (primary N) is 3. The molecule has 218 valence electrons. The minimum absolute atomic E-state index is 0.0114. The highest BCUT2D eigenvalue weighted by Gasteiger charge is 2.31. The van der Waals surface area contributed by atoms with Gasteiger partial charge in [-0.1, -0.05) is 32.0 Å². The number of carboxylic acid groups (broad SMARTS) is 1. The number of aliphatic carboxylic acids is 1. The van der Waals surface area contributed by atoms with Gasteiger partial charge in [0.1, 0.15) is 18.1 Å². The number of fused-ring (bicyclic) bond motifs is 1. The van der Waals surface area contributed by atoms with E-state index < -0.39 is 66.1 Å². The van der Waals surface area contributed by atoms with Crippen LogP contribution in [0.1, 0.15) is 45.1 Å². The minimum Gasteiger partial charge on any atom is -0.480 e. The first-order valence-corrected chi connectivity index (χ1v) is 12.8. The highest BCUT2D eigenvalue weighted by molar-refractivity contribution is 5.95. The predicted molar refractivity (Wildman–Crippen MR) is 145 cm³/mol. The van der Waals surface area contributed by atoms with Crippen molar-refractivity contribution in [3.8, 4) is 0 Å². The number of carboxylic acids is 1. The summed E-state index contributed by atoms with van der Waals surface area (Å²) >= 11 is 0. The Morgan fingerprint density at radius 1 is 0.875 bits per heavy atom. The van der Waals surface area contributed by atoms with Gasteiger partial charge in [-0.2, -0.15) is 0 Å². The standard InChI is InChI=1S/C26H37N7O7/c1-13(2)9-19(32-24(37)18(7-8-21(28)34)31-23(36)16(27)11-22(29)35)25(38)33-20(26(39)40)10-14-12-30-17-6-4-3-5-15(14)17/h3-6,12-13,16,18-20,30H,7-11,27H2,1-2H3,(H2,28,34)(H2,29,35)(H,31,36)(H,32,37)(H,33,38)(H,39,40). The van der Waals surface area contributed by atoms with Crippen LogP contribution < -0.4 is 33.2 Å². The summed E-state index contributed by atoms with van der Waals surface area (Å²) in [5.74, 6) is -5.32. The number of aromatic nitrogens is 1. The van der Waals surface area contributed by atoms with Crippen molar-refractivity contribution in [3.05, 3.63) is 36.0 Å². The van der Waals surface area contributed by atoms with E-state index in [2.05, 4.69) is 20.9 Å². The van der Waals surface area contributed by atoms with Gasteiger partial charge in [0.25, 0.3) is 0 Å². The molecule has 2 aromatic rings.